The van der Waals surface area contributed by atoms with Crippen LogP contribution in [-0.2, 0) is 67.0 Å². The van der Waals surface area contributed by atoms with Crippen molar-refractivity contribution >= 4 is 105 Å². The molecule has 1 unspecified atom stereocenters. The number of aliphatic carboxylic acids is 2. The maximum absolute atomic E-state index is 11.1. The standard InChI is InChI=1S/C10H14O3.C9H14O3.C8H8O3.C7H8O3.CH2I2.2CO2/c1-6-3-4-8(10(12)13)9(5-6)7(2)11;1-4-5-8(7(3)10)6(2)9(11)12;9-7-5-3-1-2-4-6(5)8(10)11-7;1-3-5-4(2)6(8)10-7(5)9;3*2-1-3/h6H,3-5H2,1-2H3,(H,12,13);4-5H2,1-3H3,(H,11,12);1-4H2;3H2,1-2H3;1H2;;/b;8-6-;;;;;. The lowest BCUT2D eigenvalue weighted by Gasteiger charge is -2.20. The summed E-state index contributed by atoms with van der Waals surface area (Å²) in [5, 5.41) is 17.5. The summed E-state index contributed by atoms with van der Waals surface area (Å²) < 4.78 is 9.97. The van der Waals surface area contributed by atoms with Crippen molar-refractivity contribution in [3.8, 4) is 0 Å². The number of alkyl halides is 2. The minimum atomic E-state index is -1.01. The highest BCUT2D eigenvalue weighted by Crippen LogP contribution is 2.31. The fraction of sp³-hybridized carbons (Fsp3) is 0.514. The summed E-state index contributed by atoms with van der Waals surface area (Å²) in [5.74, 6) is -3.55. The second-order valence-corrected chi connectivity index (χ2v) is 16.1. The van der Waals surface area contributed by atoms with Gasteiger partial charge in [-0.05, 0) is 91.4 Å². The second kappa shape index (κ2) is 31.0. The second-order valence-electron chi connectivity index (χ2n) is 11.6. The molecule has 2 aliphatic heterocycles. The fourth-order valence-electron chi connectivity index (χ4n) is 5.19. The highest BCUT2D eigenvalue weighted by atomic mass is 127. The molecule has 2 aliphatic carbocycles. The molecule has 0 spiro atoms. The first kappa shape index (κ1) is 55.1. The van der Waals surface area contributed by atoms with Gasteiger partial charge in [-0.25, -0.2) is 28.8 Å². The average Bonchev–Trinajstić information content (AvgIpc) is 3.55. The summed E-state index contributed by atoms with van der Waals surface area (Å²) in [4.78, 5) is 119. The van der Waals surface area contributed by atoms with E-state index in [9.17, 15) is 38.4 Å². The van der Waals surface area contributed by atoms with Crippen LogP contribution in [0.2, 0.25) is 0 Å². The van der Waals surface area contributed by atoms with Crippen molar-refractivity contribution in [2.45, 2.75) is 113 Å². The summed E-state index contributed by atoms with van der Waals surface area (Å²) >= 11 is 4.55. The molecule has 16 nitrogen and oxygen atoms in total. The molecule has 0 radical (unpaired) electrons. The number of rotatable bonds is 7. The normalized spacial score (nSPS) is 16.8. The monoisotopic (exact) mass is 1000 g/mol. The van der Waals surface area contributed by atoms with E-state index >= 15 is 0 Å². The smallest absolute Gasteiger partial charge is 0.373 e. The van der Waals surface area contributed by atoms with Crippen LogP contribution in [0, 0.1) is 5.92 Å². The third kappa shape index (κ3) is 21.4. The number of allylic oxidation sites excluding steroid dienone is 2. The molecule has 4 aliphatic rings. The number of Topliss-reactive ketones (excluding diaryl/α,β-unsaturated/α-hetero) is 2. The van der Waals surface area contributed by atoms with Gasteiger partial charge in [0.25, 0.3) is 0 Å². The first-order valence-electron chi connectivity index (χ1n) is 16.7. The van der Waals surface area contributed by atoms with E-state index in [4.69, 9.17) is 29.4 Å². The van der Waals surface area contributed by atoms with Crippen molar-refractivity contribution in [3.63, 3.8) is 0 Å². The molecule has 0 aromatic heterocycles. The van der Waals surface area contributed by atoms with Crippen molar-refractivity contribution in [1.29, 1.82) is 0 Å². The number of carbonyl (C=O) groups is 8. The van der Waals surface area contributed by atoms with Crippen LogP contribution < -0.4 is 0 Å². The zero-order valence-electron chi connectivity index (χ0n) is 31.7. The number of cyclic esters (lactones) is 4. The topological polar surface area (TPSA) is 264 Å². The average molecular weight is 1000 g/mol. The molecule has 0 saturated carbocycles. The number of ketones is 2. The lowest BCUT2D eigenvalue weighted by atomic mass is 9.83. The summed E-state index contributed by atoms with van der Waals surface area (Å²) in [6.07, 6.45) is 7.88. The number of hydrogen-bond donors (Lipinski definition) is 2. The van der Waals surface area contributed by atoms with E-state index < -0.39 is 35.8 Å². The number of carboxylic acids is 2. The summed E-state index contributed by atoms with van der Waals surface area (Å²) in [6.45, 7) is 11.7. The van der Waals surface area contributed by atoms with Crippen LogP contribution in [0.25, 0.3) is 0 Å². The number of halogens is 2. The minimum Gasteiger partial charge on any atom is -0.478 e. The number of carboxylic acid groups (broad SMARTS) is 2. The third-order valence-corrected chi connectivity index (χ3v) is 7.88. The van der Waals surface area contributed by atoms with Gasteiger partial charge in [0.05, 0.1) is 2.43 Å². The van der Waals surface area contributed by atoms with Crippen molar-refractivity contribution in [1.82, 2.24) is 0 Å². The molecule has 4 rings (SSSR count). The molecular weight excluding hydrogens is 954 g/mol. The summed E-state index contributed by atoms with van der Waals surface area (Å²) in [6, 6.07) is 0. The van der Waals surface area contributed by atoms with Crippen LogP contribution in [0.5, 0.6) is 0 Å². The van der Waals surface area contributed by atoms with E-state index in [1.165, 1.54) is 23.2 Å². The Hall–Kier alpha value is -4.26. The Labute approximate surface area is 345 Å². The molecule has 2 N–H and O–H groups in total. The van der Waals surface area contributed by atoms with E-state index in [0.717, 1.165) is 38.5 Å². The predicted molar refractivity (Wildman–Crippen MR) is 208 cm³/mol. The minimum absolute atomic E-state index is 0.0936. The van der Waals surface area contributed by atoms with Gasteiger partial charge in [-0.2, -0.15) is 19.2 Å². The zero-order chi connectivity index (χ0) is 43.4. The maximum Gasteiger partial charge on any atom is 0.373 e. The summed E-state index contributed by atoms with van der Waals surface area (Å²) in [7, 11) is 0. The van der Waals surface area contributed by atoms with Crippen LogP contribution in [-0.4, -0.2) is 72.3 Å². The van der Waals surface area contributed by atoms with Gasteiger partial charge < -0.3 is 19.7 Å². The highest BCUT2D eigenvalue weighted by molar-refractivity contribution is 14.2. The van der Waals surface area contributed by atoms with Gasteiger partial charge in [0.2, 0.25) is 0 Å². The van der Waals surface area contributed by atoms with Crippen LogP contribution in [0.15, 0.2) is 44.6 Å². The SMILES string of the molecule is CC(=O)C1=C(C(=O)O)CCC(C)C1.CCC/C(C(C)=O)=C(\C)C(=O)O.CCC1=C(C)C(=O)OC1=O.ICI.O=C1OC(=O)C2=C1CCCC2.O=C=O.O=C=O. The number of ether oxygens (including phenoxy) is 2. The number of hydrogen-bond acceptors (Lipinski definition) is 14. The Balaban J connectivity index is -0.000000611. The van der Waals surface area contributed by atoms with Gasteiger partial charge in [0.15, 0.2) is 11.6 Å². The Morgan fingerprint density at radius 2 is 1.20 bits per heavy atom. The van der Waals surface area contributed by atoms with E-state index in [2.05, 4.69) is 54.7 Å². The predicted octanol–water partition coefficient (Wildman–Crippen LogP) is 5.94. The van der Waals surface area contributed by atoms with Gasteiger partial charge in [-0.1, -0.05) is 72.4 Å². The molecule has 2 heterocycles. The fourth-order valence-corrected chi connectivity index (χ4v) is 5.19. The number of carbonyl (C=O) groups excluding carboxylic acids is 10. The molecule has 1 atom stereocenters. The van der Waals surface area contributed by atoms with Crippen LogP contribution in [0.1, 0.15) is 113 Å². The third-order valence-electron chi connectivity index (χ3n) is 7.88. The van der Waals surface area contributed by atoms with Crippen LogP contribution in [0.4, 0.5) is 0 Å². The number of esters is 4. The van der Waals surface area contributed by atoms with Crippen molar-refractivity contribution < 1.29 is 77.2 Å². The van der Waals surface area contributed by atoms with E-state index in [1.54, 1.807) is 6.92 Å². The van der Waals surface area contributed by atoms with Crippen LogP contribution >= 0.6 is 45.2 Å². The molecule has 0 bridgehead atoms. The van der Waals surface area contributed by atoms with Gasteiger partial charge in [-0.3, -0.25) is 9.59 Å². The molecule has 0 amide bonds. The Morgan fingerprint density at radius 3 is 1.49 bits per heavy atom. The molecular formula is C37H46I2O16. The molecule has 0 fully saturated rings. The van der Waals surface area contributed by atoms with Gasteiger partial charge in [0.1, 0.15) is 0 Å². The Kier molecular flexibility index (Phi) is 31.0. The first-order valence-corrected chi connectivity index (χ1v) is 19.7. The highest BCUT2D eigenvalue weighted by Gasteiger charge is 2.33. The van der Waals surface area contributed by atoms with Crippen LogP contribution in [0.3, 0.4) is 0 Å². The van der Waals surface area contributed by atoms with E-state index in [1.807, 2.05) is 20.8 Å². The Morgan fingerprint density at radius 1 is 0.764 bits per heavy atom. The Bertz CT molecular complexity index is 1590. The lowest BCUT2D eigenvalue weighted by Crippen LogP contribution is -2.17. The van der Waals surface area contributed by atoms with Crippen molar-refractivity contribution in [2.75, 3.05) is 2.43 Å². The van der Waals surface area contributed by atoms with E-state index in [-0.39, 0.29) is 29.4 Å². The first-order chi connectivity index (χ1) is 25.7. The maximum atomic E-state index is 11.1. The lowest BCUT2D eigenvalue weighted by molar-refractivity contribution is -0.193. The largest absolute Gasteiger partial charge is 0.478 e. The van der Waals surface area contributed by atoms with Gasteiger partial charge in [0, 0.05) is 44.6 Å². The molecule has 0 aromatic carbocycles. The quantitative estimate of drug-likeness (QED) is 0.0983. The molecule has 304 valence electrons. The molecule has 18 heteroatoms. The van der Waals surface area contributed by atoms with Crippen molar-refractivity contribution in [3.05, 3.63) is 44.6 Å². The molecule has 55 heavy (non-hydrogen) atoms. The van der Waals surface area contributed by atoms with Gasteiger partial charge in [-0.15, -0.1) is 0 Å². The van der Waals surface area contributed by atoms with Gasteiger partial charge >= 0.3 is 48.1 Å². The zero-order valence-corrected chi connectivity index (χ0v) is 36.0. The molecule has 0 saturated heterocycles. The summed E-state index contributed by atoms with van der Waals surface area (Å²) in [5.41, 5.74) is 3.66. The van der Waals surface area contributed by atoms with E-state index in [0.29, 0.717) is 70.6 Å². The van der Waals surface area contributed by atoms with Crippen molar-refractivity contribution in [2.24, 2.45) is 5.92 Å². The molecule has 0 aromatic rings.